The van der Waals surface area contributed by atoms with E-state index in [1.54, 1.807) is 0 Å². The maximum atomic E-state index is 12.7. The average Bonchev–Trinajstić information content (AvgIpc) is 3.04. The van der Waals surface area contributed by atoms with E-state index in [1.165, 1.54) is 12.1 Å². The molecule has 1 atom stereocenters. The summed E-state index contributed by atoms with van der Waals surface area (Å²) in [4.78, 5) is 17.3. The predicted molar refractivity (Wildman–Crippen MR) is 90.2 cm³/mol. The number of nitrogens with one attached hydrogen (secondary N) is 1. The molecule has 1 amide bonds. The van der Waals surface area contributed by atoms with Gasteiger partial charge in [0.25, 0.3) is 5.91 Å². The van der Waals surface area contributed by atoms with Crippen LogP contribution in [-0.2, 0) is 15.8 Å². The number of benzene rings is 2. The average molecular weight is 413 g/mol. The van der Waals surface area contributed by atoms with Crippen molar-refractivity contribution in [3.8, 4) is 0 Å². The van der Waals surface area contributed by atoms with Crippen molar-refractivity contribution in [2.75, 3.05) is 5.32 Å². The van der Waals surface area contributed by atoms with Gasteiger partial charge in [-0.15, -0.1) is 0 Å². The largest absolute Gasteiger partial charge is 0.416 e. The number of anilines is 1. The molecule has 0 aliphatic carbocycles. The molecule has 0 fully saturated rings. The van der Waals surface area contributed by atoms with Gasteiger partial charge < -0.3 is 10.2 Å². The van der Waals surface area contributed by atoms with Crippen LogP contribution in [0.3, 0.4) is 0 Å². The van der Waals surface area contributed by atoms with Crippen molar-refractivity contribution in [2.24, 2.45) is 5.16 Å². The summed E-state index contributed by atoms with van der Waals surface area (Å²) in [5.41, 5.74) is 0.636. The number of nitrogens with zero attached hydrogens (tertiary/aromatic N) is 1. The van der Waals surface area contributed by atoms with Crippen LogP contribution in [0.2, 0.25) is 0 Å². The zero-order chi connectivity index (χ0) is 18.0. The molecule has 0 radical (unpaired) electrons. The van der Waals surface area contributed by atoms with E-state index in [9.17, 15) is 18.0 Å². The molecular formula is C17H12BrF3N2O2. The van der Waals surface area contributed by atoms with E-state index in [-0.39, 0.29) is 12.1 Å². The van der Waals surface area contributed by atoms with Crippen molar-refractivity contribution in [3.63, 3.8) is 0 Å². The SMILES string of the molecule is O=C(Nc1cccc(C(F)(F)F)c1)C1CC(c2cccc(Br)c2)=NO1. The Balaban J connectivity index is 1.66. The number of hydrogen-bond donors (Lipinski definition) is 1. The summed E-state index contributed by atoms with van der Waals surface area (Å²) in [6.45, 7) is 0. The van der Waals surface area contributed by atoms with Crippen LogP contribution < -0.4 is 5.32 Å². The molecule has 8 heteroatoms. The molecule has 130 valence electrons. The van der Waals surface area contributed by atoms with Crippen LogP contribution in [0.1, 0.15) is 17.5 Å². The van der Waals surface area contributed by atoms with Crippen LogP contribution in [0.4, 0.5) is 18.9 Å². The number of carbonyl (C=O) groups excluding carboxylic acids is 1. The Bertz CT molecular complexity index is 837. The van der Waals surface area contributed by atoms with Crippen molar-refractivity contribution in [3.05, 3.63) is 64.1 Å². The third-order valence-corrected chi connectivity index (χ3v) is 4.07. The normalized spacial score (nSPS) is 17.0. The van der Waals surface area contributed by atoms with E-state index in [4.69, 9.17) is 4.84 Å². The second kappa shape index (κ2) is 6.87. The summed E-state index contributed by atoms with van der Waals surface area (Å²) in [7, 11) is 0. The molecule has 2 aromatic carbocycles. The summed E-state index contributed by atoms with van der Waals surface area (Å²) in [5.74, 6) is -0.548. The Labute approximate surface area is 149 Å². The smallest absolute Gasteiger partial charge is 0.382 e. The van der Waals surface area contributed by atoms with E-state index >= 15 is 0 Å². The van der Waals surface area contributed by atoms with Gasteiger partial charge in [-0.2, -0.15) is 13.2 Å². The summed E-state index contributed by atoms with van der Waals surface area (Å²) in [5, 5.41) is 6.34. The molecule has 0 aromatic heterocycles. The van der Waals surface area contributed by atoms with Gasteiger partial charge in [-0.1, -0.05) is 39.3 Å². The molecule has 1 N–H and O–H groups in total. The fourth-order valence-corrected chi connectivity index (χ4v) is 2.75. The van der Waals surface area contributed by atoms with Gasteiger partial charge >= 0.3 is 6.18 Å². The van der Waals surface area contributed by atoms with E-state index in [0.717, 1.165) is 22.2 Å². The maximum Gasteiger partial charge on any atom is 0.416 e. The van der Waals surface area contributed by atoms with Crippen LogP contribution in [0.25, 0.3) is 0 Å². The van der Waals surface area contributed by atoms with E-state index in [0.29, 0.717) is 5.71 Å². The van der Waals surface area contributed by atoms with Crippen molar-refractivity contribution in [1.29, 1.82) is 0 Å². The highest BCUT2D eigenvalue weighted by Crippen LogP contribution is 2.31. The van der Waals surface area contributed by atoms with Gasteiger partial charge in [0, 0.05) is 22.1 Å². The minimum atomic E-state index is -4.47. The van der Waals surface area contributed by atoms with Gasteiger partial charge in [-0.05, 0) is 30.3 Å². The van der Waals surface area contributed by atoms with Crippen molar-refractivity contribution >= 4 is 33.2 Å². The van der Waals surface area contributed by atoms with E-state index < -0.39 is 23.8 Å². The lowest BCUT2D eigenvalue weighted by Gasteiger charge is -2.12. The molecule has 1 heterocycles. The Hall–Kier alpha value is -2.35. The number of halogens is 4. The lowest BCUT2D eigenvalue weighted by Crippen LogP contribution is -2.28. The zero-order valence-electron chi connectivity index (χ0n) is 12.7. The van der Waals surface area contributed by atoms with Crippen LogP contribution in [0.5, 0.6) is 0 Å². The summed E-state index contributed by atoms with van der Waals surface area (Å²) >= 11 is 3.35. The quantitative estimate of drug-likeness (QED) is 0.800. The van der Waals surface area contributed by atoms with Crippen LogP contribution in [0.15, 0.2) is 58.2 Å². The standard InChI is InChI=1S/C17H12BrF3N2O2/c18-12-5-1-3-10(7-12)14-9-15(25-23-14)16(24)22-13-6-2-4-11(8-13)17(19,20)21/h1-8,15H,9H2,(H,22,24). The Morgan fingerprint density at radius 2 is 1.96 bits per heavy atom. The number of rotatable bonds is 3. The van der Waals surface area contributed by atoms with Crippen molar-refractivity contribution in [2.45, 2.75) is 18.7 Å². The van der Waals surface area contributed by atoms with E-state index in [2.05, 4.69) is 26.4 Å². The van der Waals surface area contributed by atoms with E-state index in [1.807, 2.05) is 24.3 Å². The van der Waals surface area contributed by atoms with Gasteiger partial charge in [0.05, 0.1) is 11.3 Å². The predicted octanol–water partition coefficient (Wildman–Crippen LogP) is 4.60. The fraction of sp³-hybridized carbons (Fsp3) is 0.176. The maximum absolute atomic E-state index is 12.7. The van der Waals surface area contributed by atoms with Gasteiger partial charge in [0.2, 0.25) is 6.10 Å². The molecule has 1 unspecified atom stereocenters. The van der Waals surface area contributed by atoms with Crippen molar-refractivity contribution in [1.82, 2.24) is 0 Å². The molecule has 2 aromatic rings. The third kappa shape index (κ3) is 4.19. The molecule has 0 saturated carbocycles. The first-order valence-electron chi connectivity index (χ1n) is 7.30. The van der Waals surface area contributed by atoms with Gasteiger partial charge in [0.15, 0.2) is 0 Å². The second-order valence-corrected chi connectivity index (χ2v) is 6.33. The monoisotopic (exact) mass is 412 g/mol. The summed E-state index contributed by atoms with van der Waals surface area (Å²) < 4.78 is 39.0. The van der Waals surface area contributed by atoms with Crippen molar-refractivity contribution < 1.29 is 22.8 Å². The minimum Gasteiger partial charge on any atom is -0.382 e. The first kappa shape index (κ1) is 17.5. The Kier molecular flexibility index (Phi) is 4.80. The number of alkyl halides is 3. The molecule has 0 spiro atoms. The topological polar surface area (TPSA) is 50.7 Å². The highest BCUT2D eigenvalue weighted by atomic mass is 79.9. The highest BCUT2D eigenvalue weighted by molar-refractivity contribution is 9.10. The Morgan fingerprint density at radius 3 is 2.68 bits per heavy atom. The van der Waals surface area contributed by atoms with Crippen LogP contribution in [0, 0.1) is 0 Å². The number of amides is 1. The zero-order valence-corrected chi connectivity index (χ0v) is 14.3. The number of hydrogen-bond acceptors (Lipinski definition) is 3. The first-order valence-corrected chi connectivity index (χ1v) is 8.09. The molecule has 0 bridgehead atoms. The van der Waals surface area contributed by atoms with Gasteiger partial charge in [-0.3, -0.25) is 4.79 Å². The molecule has 25 heavy (non-hydrogen) atoms. The third-order valence-electron chi connectivity index (χ3n) is 3.58. The molecule has 0 saturated heterocycles. The highest BCUT2D eigenvalue weighted by Gasteiger charge is 2.32. The van der Waals surface area contributed by atoms with Gasteiger partial charge in [-0.25, -0.2) is 0 Å². The lowest BCUT2D eigenvalue weighted by atomic mass is 10.0. The molecule has 1 aliphatic rings. The lowest BCUT2D eigenvalue weighted by molar-refractivity contribution is -0.137. The number of oxime groups is 1. The molecule has 1 aliphatic heterocycles. The fourth-order valence-electron chi connectivity index (χ4n) is 2.35. The molecule has 3 rings (SSSR count). The molecular weight excluding hydrogens is 401 g/mol. The molecule has 4 nitrogen and oxygen atoms in total. The van der Waals surface area contributed by atoms with Crippen LogP contribution >= 0.6 is 15.9 Å². The van der Waals surface area contributed by atoms with Gasteiger partial charge in [0.1, 0.15) is 0 Å². The summed E-state index contributed by atoms with van der Waals surface area (Å²) in [6.07, 6.45) is -5.12. The summed E-state index contributed by atoms with van der Waals surface area (Å²) in [6, 6.07) is 11.8. The minimum absolute atomic E-state index is 0.0549. The first-order chi connectivity index (χ1) is 11.8. The number of carbonyl (C=O) groups is 1. The van der Waals surface area contributed by atoms with Crippen LogP contribution in [-0.4, -0.2) is 17.7 Å². The second-order valence-electron chi connectivity index (χ2n) is 5.41. The Morgan fingerprint density at radius 1 is 1.20 bits per heavy atom.